The van der Waals surface area contributed by atoms with Crippen LogP contribution in [0.25, 0.3) is 0 Å². The van der Waals surface area contributed by atoms with Crippen molar-refractivity contribution in [3.63, 3.8) is 0 Å². The number of nitrogens with zero attached hydrogens (tertiary/aromatic N) is 2. The van der Waals surface area contributed by atoms with Crippen molar-refractivity contribution < 1.29 is 24.5 Å². The molecule has 3 N–H and O–H groups in total. The number of nitrogens with one attached hydrogen (secondary N) is 1. The first kappa shape index (κ1) is 26.1. The van der Waals surface area contributed by atoms with Crippen LogP contribution in [0.5, 0.6) is 0 Å². The van der Waals surface area contributed by atoms with Gasteiger partial charge in [0.1, 0.15) is 0 Å². The lowest BCUT2D eigenvalue weighted by molar-refractivity contribution is -0.123. The molecule has 0 bridgehead atoms. The van der Waals surface area contributed by atoms with Crippen molar-refractivity contribution in [3.8, 4) is 0 Å². The molecular weight excluding hydrogens is 410 g/mol. The number of piperidine rings is 1. The molecular formula is C24H39N3O5. The molecule has 0 radical (unpaired) electrons. The normalized spacial score (nSPS) is 25.8. The number of hydrogen-bond donors (Lipinski definition) is 3. The molecule has 4 rings (SSSR count). The highest BCUT2D eigenvalue weighted by atomic mass is 16.5. The summed E-state index contributed by atoms with van der Waals surface area (Å²) < 4.78 is 6.09. The van der Waals surface area contributed by atoms with Crippen molar-refractivity contribution in [3.05, 3.63) is 29.8 Å². The fourth-order valence-electron chi connectivity index (χ4n) is 4.89. The van der Waals surface area contributed by atoms with Crippen molar-refractivity contribution in [2.24, 2.45) is 5.92 Å². The zero-order chi connectivity index (χ0) is 23.5. The summed E-state index contributed by atoms with van der Waals surface area (Å²) in [6, 6.07) is 10.9. The number of hydrogen-bond acceptors (Lipinski definition) is 6. The molecule has 0 saturated carbocycles. The maximum absolute atomic E-state index is 8.36. The molecule has 3 atom stereocenters. The summed E-state index contributed by atoms with van der Waals surface area (Å²) in [6.07, 6.45) is 4.17. The topological polar surface area (TPSA) is 102 Å². The van der Waals surface area contributed by atoms with Gasteiger partial charge in [-0.2, -0.15) is 0 Å². The predicted octanol–water partition coefficient (Wildman–Crippen LogP) is 2.45. The van der Waals surface area contributed by atoms with Gasteiger partial charge < -0.3 is 25.2 Å². The number of carboxylic acid groups (broad SMARTS) is 2. The molecule has 8 nitrogen and oxygen atoms in total. The van der Waals surface area contributed by atoms with Crippen LogP contribution in [0.1, 0.15) is 38.7 Å². The molecule has 0 amide bonds. The van der Waals surface area contributed by atoms with Crippen molar-refractivity contribution in [1.29, 1.82) is 0 Å². The van der Waals surface area contributed by atoms with Crippen LogP contribution in [0, 0.1) is 12.8 Å². The van der Waals surface area contributed by atoms with Gasteiger partial charge in [-0.15, -0.1) is 0 Å². The lowest BCUT2D eigenvalue weighted by Crippen LogP contribution is -2.49. The first-order valence-electron chi connectivity index (χ1n) is 11.5. The monoisotopic (exact) mass is 449 g/mol. The van der Waals surface area contributed by atoms with E-state index < -0.39 is 0 Å². The molecule has 3 heterocycles. The number of ether oxygens (including phenoxy) is 1. The number of rotatable bonds is 4. The van der Waals surface area contributed by atoms with Crippen molar-refractivity contribution in [2.45, 2.75) is 64.3 Å². The molecule has 0 aliphatic carbocycles. The smallest absolute Gasteiger partial charge is 0.290 e. The van der Waals surface area contributed by atoms with Crippen molar-refractivity contribution in [1.82, 2.24) is 10.2 Å². The van der Waals surface area contributed by atoms with Crippen LogP contribution in [0.15, 0.2) is 24.3 Å². The van der Waals surface area contributed by atoms with Gasteiger partial charge in [-0.3, -0.25) is 14.5 Å². The SMILES string of the molecule is Cc1cccc(N2CCC(N[C@@H]3C[C@H]4CO[C@@H](C(C)C)CN4C3)CC2)c1.O=CO.O=CO. The number of benzene rings is 1. The molecule has 3 aliphatic heterocycles. The van der Waals surface area contributed by atoms with E-state index in [9.17, 15) is 0 Å². The summed E-state index contributed by atoms with van der Waals surface area (Å²) in [4.78, 5) is 21.9. The number of carbonyl (C=O) groups is 2. The van der Waals surface area contributed by atoms with Crippen LogP contribution in [-0.2, 0) is 14.3 Å². The van der Waals surface area contributed by atoms with E-state index in [2.05, 4.69) is 60.2 Å². The molecule has 180 valence electrons. The van der Waals surface area contributed by atoms with E-state index in [1.165, 1.54) is 50.1 Å². The number of aryl methyl sites for hydroxylation is 1. The molecule has 3 saturated heterocycles. The average Bonchev–Trinajstić information content (AvgIpc) is 3.17. The quantitative estimate of drug-likeness (QED) is 0.603. The van der Waals surface area contributed by atoms with Crippen LogP contribution >= 0.6 is 0 Å². The van der Waals surface area contributed by atoms with Crippen LogP contribution in [0.4, 0.5) is 5.69 Å². The molecule has 3 fully saturated rings. The third-order valence-corrected chi connectivity index (χ3v) is 6.52. The van der Waals surface area contributed by atoms with E-state index in [1.807, 2.05) is 0 Å². The standard InChI is InChI=1S/C22H35N3O.2CH2O2/c1-16(2)22-14-25-13-19(12-21(25)15-26-22)23-18-7-9-24(10-8-18)20-6-4-5-17(3)11-20;2*2-1-3/h4-6,11,16,18-19,21-23H,7-10,12-15H2,1-3H3;2*1H,(H,2,3)/t19-,21+,22-;;/m1../s1. The van der Waals surface area contributed by atoms with Gasteiger partial charge >= 0.3 is 0 Å². The van der Waals surface area contributed by atoms with Crippen molar-refractivity contribution >= 4 is 18.6 Å². The second-order valence-electron chi connectivity index (χ2n) is 9.13. The highest BCUT2D eigenvalue weighted by Crippen LogP contribution is 2.27. The van der Waals surface area contributed by atoms with E-state index >= 15 is 0 Å². The second kappa shape index (κ2) is 13.4. The van der Waals surface area contributed by atoms with Crippen molar-refractivity contribution in [2.75, 3.05) is 37.7 Å². The molecule has 8 heteroatoms. The zero-order valence-electron chi connectivity index (χ0n) is 19.5. The Hall–Kier alpha value is -2.16. The van der Waals surface area contributed by atoms with Gasteiger partial charge in [-0.05, 0) is 49.8 Å². The Bertz CT molecular complexity index is 688. The van der Waals surface area contributed by atoms with Crippen LogP contribution in [-0.4, -0.2) is 85.1 Å². The lowest BCUT2D eigenvalue weighted by atomic mass is 10.0. The van der Waals surface area contributed by atoms with Gasteiger partial charge in [0.25, 0.3) is 12.9 Å². The summed E-state index contributed by atoms with van der Waals surface area (Å²) in [6.45, 7) is 11.8. The Morgan fingerprint density at radius 2 is 1.75 bits per heavy atom. The Labute approximate surface area is 191 Å². The molecule has 0 spiro atoms. The minimum absolute atomic E-state index is 0.250. The molecule has 0 aromatic heterocycles. The fourth-order valence-corrected chi connectivity index (χ4v) is 4.89. The Balaban J connectivity index is 0.000000547. The van der Waals surface area contributed by atoms with E-state index in [-0.39, 0.29) is 12.9 Å². The zero-order valence-corrected chi connectivity index (χ0v) is 19.5. The van der Waals surface area contributed by atoms with E-state index in [4.69, 9.17) is 24.5 Å². The molecule has 0 unspecified atom stereocenters. The van der Waals surface area contributed by atoms with Gasteiger partial charge in [0.05, 0.1) is 12.7 Å². The Morgan fingerprint density at radius 1 is 1.09 bits per heavy atom. The first-order valence-corrected chi connectivity index (χ1v) is 11.5. The molecule has 3 aliphatic rings. The molecule has 1 aromatic carbocycles. The summed E-state index contributed by atoms with van der Waals surface area (Å²) in [5.74, 6) is 0.619. The number of morpholine rings is 1. The Kier molecular flexibility index (Phi) is 10.9. The predicted molar refractivity (Wildman–Crippen MR) is 125 cm³/mol. The fraction of sp³-hybridized carbons (Fsp3) is 0.667. The number of anilines is 1. The van der Waals surface area contributed by atoms with E-state index in [1.54, 1.807) is 0 Å². The molecule has 1 aromatic rings. The second-order valence-corrected chi connectivity index (χ2v) is 9.13. The summed E-state index contributed by atoms with van der Waals surface area (Å²) in [7, 11) is 0. The average molecular weight is 450 g/mol. The highest BCUT2D eigenvalue weighted by Gasteiger charge is 2.38. The van der Waals surface area contributed by atoms with Crippen LogP contribution in [0.3, 0.4) is 0 Å². The van der Waals surface area contributed by atoms with Gasteiger partial charge in [0, 0.05) is 50.0 Å². The summed E-state index contributed by atoms with van der Waals surface area (Å²) in [5.41, 5.74) is 2.74. The maximum Gasteiger partial charge on any atom is 0.290 e. The number of fused-ring (bicyclic) bond motifs is 1. The van der Waals surface area contributed by atoms with Gasteiger partial charge in [-0.1, -0.05) is 26.0 Å². The minimum atomic E-state index is -0.250. The molecule has 32 heavy (non-hydrogen) atoms. The highest BCUT2D eigenvalue weighted by molar-refractivity contribution is 5.48. The third-order valence-electron chi connectivity index (χ3n) is 6.52. The first-order chi connectivity index (χ1) is 15.4. The third kappa shape index (κ3) is 7.76. The van der Waals surface area contributed by atoms with E-state index in [0.717, 1.165) is 13.2 Å². The van der Waals surface area contributed by atoms with Gasteiger partial charge in [0.15, 0.2) is 0 Å². The van der Waals surface area contributed by atoms with Gasteiger partial charge in [-0.25, -0.2) is 0 Å². The Morgan fingerprint density at radius 3 is 2.34 bits per heavy atom. The van der Waals surface area contributed by atoms with E-state index in [0.29, 0.717) is 30.1 Å². The van der Waals surface area contributed by atoms with Crippen LogP contribution < -0.4 is 10.2 Å². The largest absolute Gasteiger partial charge is 0.483 e. The maximum atomic E-state index is 8.36. The summed E-state index contributed by atoms with van der Waals surface area (Å²) in [5, 5.41) is 17.8. The van der Waals surface area contributed by atoms with Crippen LogP contribution in [0.2, 0.25) is 0 Å². The van der Waals surface area contributed by atoms with Gasteiger partial charge in [0.2, 0.25) is 0 Å². The summed E-state index contributed by atoms with van der Waals surface area (Å²) >= 11 is 0. The minimum Gasteiger partial charge on any atom is -0.483 e. The lowest BCUT2D eigenvalue weighted by Gasteiger charge is -2.37.